The van der Waals surface area contributed by atoms with Gasteiger partial charge in [-0.2, -0.15) is 0 Å². The Morgan fingerprint density at radius 3 is 2.20 bits per heavy atom. The van der Waals surface area contributed by atoms with Crippen LogP contribution in [0.2, 0.25) is 5.02 Å². The third-order valence-electron chi connectivity index (χ3n) is 7.71. The SMILES string of the molecule is CC(C)(O)CNC(=O)CC1(O)C2CC[C@H]1CC(S(=O)(=O)c1cc(C(=O)Nc3cc(F)c(F)c(F)c3)ccc1Cl)C2. The Labute approximate surface area is 234 Å². The van der Waals surface area contributed by atoms with Crippen LogP contribution >= 0.6 is 11.6 Å². The summed E-state index contributed by atoms with van der Waals surface area (Å²) in [5.74, 6) is -6.97. The van der Waals surface area contributed by atoms with E-state index in [2.05, 4.69) is 10.6 Å². The minimum absolute atomic E-state index is 0.00169. The third-order valence-corrected chi connectivity index (χ3v) is 10.4. The summed E-state index contributed by atoms with van der Waals surface area (Å²) in [6.45, 7) is 3.07. The van der Waals surface area contributed by atoms with Crippen molar-refractivity contribution >= 4 is 38.9 Å². The molecule has 0 saturated heterocycles. The van der Waals surface area contributed by atoms with Crippen molar-refractivity contribution in [2.75, 3.05) is 11.9 Å². The third kappa shape index (κ3) is 6.14. The Balaban J connectivity index is 1.51. The Morgan fingerprint density at radius 1 is 1.07 bits per heavy atom. The average Bonchev–Trinajstić information content (AvgIpc) is 3.01. The number of carbonyl (C=O) groups is 2. The van der Waals surface area contributed by atoms with Crippen LogP contribution in [0.5, 0.6) is 0 Å². The molecule has 3 unspecified atom stereocenters. The Morgan fingerprint density at radius 2 is 1.65 bits per heavy atom. The average molecular weight is 603 g/mol. The number of hydrogen-bond acceptors (Lipinski definition) is 6. The number of nitrogens with one attached hydrogen (secondary N) is 2. The highest BCUT2D eigenvalue weighted by Gasteiger charge is 2.56. The minimum atomic E-state index is -4.10. The van der Waals surface area contributed by atoms with E-state index in [-0.39, 0.29) is 47.0 Å². The lowest BCUT2D eigenvalue weighted by Gasteiger charge is -2.42. The number of anilines is 1. The smallest absolute Gasteiger partial charge is 0.255 e. The molecule has 2 saturated carbocycles. The first-order chi connectivity index (χ1) is 18.5. The topological polar surface area (TPSA) is 133 Å². The fraction of sp³-hybridized carbons (Fsp3) is 0.481. The van der Waals surface area contributed by atoms with Gasteiger partial charge in [-0.15, -0.1) is 0 Å². The molecule has 2 aromatic carbocycles. The van der Waals surface area contributed by atoms with E-state index in [1.165, 1.54) is 26.0 Å². The Kier molecular flexibility index (Phi) is 8.30. The highest BCUT2D eigenvalue weighted by atomic mass is 35.5. The van der Waals surface area contributed by atoms with Crippen molar-refractivity contribution in [1.29, 1.82) is 0 Å². The van der Waals surface area contributed by atoms with Crippen molar-refractivity contribution in [2.24, 2.45) is 11.8 Å². The number of sulfone groups is 1. The van der Waals surface area contributed by atoms with Crippen LogP contribution in [0.3, 0.4) is 0 Å². The number of hydrogen-bond donors (Lipinski definition) is 4. The molecule has 0 heterocycles. The van der Waals surface area contributed by atoms with Gasteiger partial charge in [0.15, 0.2) is 27.3 Å². The van der Waals surface area contributed by atoms with Gasteiger partial charge in [-0.25, -0.2) is 21.6 Å². The van der Waals surface area contributed by atoms with Crippen molar-refractivity contribution in [1.82, 2.24) is 5.32 Å². The molecule has 4 atom stereocenters. The highest BCUT2D eigenvalue weighted by Crippen LogP contribution is 2.53. The molecule has 0 aromatic heterocycles. The van der Waals surface area contributed by atoms with Crippen LogP contribution < -0.4 is 10.6 Å². The van der Waals surface area contributed by atoms with E-state index in [1.54, 1.807) is 0 Å². The van der Waals surface area contributed by atoms with E-state index in [0.29, 0.717) is 25.0 Å². The summed E-state index contributed by atoms with van der Waals surface area (Å²) in [5.41, 5.74) is -3.04. The zero-order valence-corrected chi connectivity index (χ0v) is 23.4. The molecule has 0 spiro atoms. The molecule has 13 heteroatoms. The second kappa shape index (κ2) is 11.0. The molecule has 2 bridgehead atoms. The molecule has 2 aliphatic carbocycles. The molecule has 218 valence electrons. The molecule has 8 nitrogen and oxygen atoms in total. The lowest BCUT2D eigenvalue weighted by molar-refractivity contribution is -0.133. The van der Waals surface area contributed by atoms with Gasteiger partial charge >= 0.3 is 0 Å². The summed E-state index contributed by atoms with van der Waals surface area (Å²) in [6.07, 6.45) is 1.01. The van der Waals surface area contributed by atoms with Crippen LogP contribution in [0.15, 0.2) is 35.2 Å². The predicted octanol–water partition coefficient (Wildman–Crippen LogP) is 3.98. The van der Waals surface area contributed by atoms with Crippen LogP contribution in [0.1, 0.15) is 56.3 Å². The van der Waals surface area contributed by atoms with E-state index in [0.717, 1.165) is 6.07 Å². The Hall–Kier alpha value is -2.67. The summed E-state index contributed by atoms with van der Waals surface area (Å²) in [4.78, 5) is 24.9. The maximum Gasteiger partial charge on any atom is 0.255 e. The number of fused-ring (bicyclic) bond motifs is 2. The normalized spacial score (nSPS) is 24.6. The molecule has 40 heavy (non-hydrogen) atoms. The molecule has 4 rings (SSSR count). The molecule has 0 radical (unpaired) electrons. The zero-order chi connectivity index (χ0) is 29.6. The van der Waals surface area contributed by atoms with E-state index in [9.17, 15) is 41.4 Å². The largest absolute Gasteiger partial charge is 0.389 e. The van der Waals surface area contributed by atoms with Crippen LogP contribution in [-0.4, -0.2) is 53.4 Å². The summed E-state index contributed by atoms with van der Waals surface area (Å²) < 4.78 is 67.7. The number of amides is 2. The van der Waals surface area contributed by atoms with Crippen LogP contribution in [-0.2, 0) is 14.6 Å². The summed E-state index contributed by atoms with van der Waals surface area (Å²) in [7, 11) is -4.10. The van der Waals surface area contributed by atoms with Crippen LogP contribution in [0.4, 0.5) is 18.9 Å². The molecule has 2 aromatic rings. The molecule has 0 aliphatic heterocycles. The Bertz CT molecular complexity index is 1410. The molecule has 2 amide bonds. The standard InChI is InChI=1S/C27H30ClF3N2O6S/c1-26(2,36)13-32-23(34)12-27(37)15-4-5-16(27)9-18(8-15)40(38,39)22-7-14(3-6-19(22)28)25(35)33-17-10-20(29)24(31)21(30)11-17/h3,6-7,10-11,15-16,18,36-37H,4-5,8-9,12-13H2,1-2H3,(H,32,34)(H,33,35)/t15-,16?,18?,27?/m0/s1. The number of benzene rings is 2. The molecular weight excluding hydrogens is 573 g/mol. The summed E-state index contributed by atoms with van der Waals surface area (Å²) >= 11 is 6.23. The molecule has 4 N–H and O–H groups in total. The first kappa shape index (κ1) is 30.3. The maximum absolute atomic E-state index is 13.7. The maximum atomic E-state index is 13.7. The molecule has 2 fully saturated rings. The second-order valence-corrected chi connectivity index (χ2v) is 13.8. The monoisotopic (exact) mass is 602 g/mol. The summed E-state index contributed by atoms with van der Waals surface area (Å²) in [6, 6.07) is 4.70. The van der Waals surface area contributed by atoms with Gasteiger partial charge in [-0.05, 0) is 69.6 Å². The fourth-order valence-corrected chi connectivity index (χ4v) is 8.06. The van der Waals surface area contributed by atoms with Crippen molar-refractivity contribution in [3.8, 4) is 0 Å². The second-order valence-electron chi connectivity index (χ2n) is 11.2. The van der Waals surface area contributed by atoms with Crippen molar-refractivity contribution < 1.29 is 41.4 Å². The lowest BCUT2D eigenvalue weighted by atomic mass is 9.72. The van der Waals surface area contributed by atoms with E-state index in [4.69, 9.17) is 11.6 Å². The number of rotatable bonds is 8. The first-order valence-electron chi connectivity index (χ1n) is 12.7. The van der Waals surface area contributed by atoms with Gasteiger partial charge in [-0.3, -0.25) is 9.59 Å². The zero-order valence-electron chi connectivity index (χ0n) is 21.8. The fourth-order valence-electron chi connectivity index (χ4n) is 5.66. The molecule has 2 aliphatic rings. The van der Waals surface area contributed by atoms with Gasteiger partial charge in [0.05, 0.1) is 32.8 Å². The van der Waals surface area contributed by atoms with E-state index in [1.807, 2.05) is 0 Å². The number of carbonyl (C=O) groups excluding carboxylic acids is 2. The van der Waals surface area contributed by atoms with Crippen molar-refractivity contribution in [3.63, 3.8) is 0 Å². The minimum Gasteiger partial charge on any atom is -0.389 e. The van der Waals surface area contributed by atoms with Crippen molar-refractivity contribution in [3.05, 3.63) is 58.4 Å². The highest BCUT2D eigenvalue weighted by molar-refractivity contribution is 7.92. The summed E-state index contributed by atoms with van der Waals surface area (Å²) in [5, 5.41) is 25.0. The van der Waals surface area contributed by atoms with E-state index >= 15 is 0 Å². The quantitative estimate of drug-likeness (QED) is 0.338. The first-order valence-corrected chi connectivity index (χ1v) is 14.6. The van der Waals surface area contributed by atoms with E-state index < -0.39 is 67.4 Å². The van der Waals surface area contributed by atoms with Gasteiger partial charge in [0.25, 0.3) is 5.91 Å². The van der Waals surface area contributed by atoms with Crippen molar-refractivity contribution in [2.45, 2.75) is 67.3 Å². The van der Waals surface area contributed by atoms with Gasteiger partial charge in [-0.1, -0.05) is 11.6 Å². The number of halogens is 4. The van der Waals surface area contributed by atoms with Gasteiger partial charge < -0.3 is 20.8 Å². The number of aliphatic hydroxyl groups is 2. The van der Waals surface area contributed by atoms with Gasteiger partial charge in [0, 0.05) is 29.9 Å². The van der Waals surface area contributed by atoms with Crippen LogP contribution in [0, 0.1) is 29.3 Å². The lowest BCUT2D eigenvalue weighted by Crippen LogP contribution is -2.51. The van der Waals surface area contributed by atoms with Gasteiger partial charge in [0.2, 0.25) is 5.91 Å². The molecular formula is C27H30ClF3N2O6S. The van der Waals surface area contributed by atoms with Crippen LogP contribution in [0.25, 0.3) is 0 Å². The van der Waals surface area contributed by atoms with Gasteiger partial charge in [0.1, 0.15) is 0 Å². The predicted molar refractivity (Wildman–Crippen MR) is 141 cm³/mol.